The highest BCUT2D eigenvalue weighted by Gasteiger charge is 2.11. The molecule has 7 aromatic carbocycles. The van der Waals surface area contributed by atoms with Gasteiger partial charge in [0.15, 0.2) is 0 Å². The van der Waals surface area contributed by atoms with E-state index in [-0.39, 0.29) is 5.97 Å². The first-order valence-corrected chi connectivity index (χ1v) is 17.9. The largest absolute Gasteiger partial charge is 0.462 e. The van der Waals surface area contributed by atoms with Gasteiger partial charge < -0.3 is 10.1 Å². The normalized spacial score (nSPS) is 12.4. The summed E-state index contributed by atoms with van der Waals surface area (Å²) in [4.78, 5) is 12.1. The molecule has 9 nitrogen and oxygen atoms in total. The number of carbonyl (C=O) groups is 1. The lowest BCUT2D eigenvalue weighted by Gasteiger charge is -2.15. The Bertz CT molecular complexity index is 2510. The topological polar surface area (TPSA) is 112 Å². The first kappa shape index (κ1) is 34.8. The molecular weight excluding hydrogens is 659 g/mol. The van der Waals surface area contributed by atoms with Crippen LogP contribution in [0.15, 0.2) is 164 Å². The summed E-state index contributed by atoms with van der Waals surface area (Å²) in [5, 5.41) is 37.2. The number of nitrogens with one attached hydrogen (secondary N) is 1. The van der Waals surface area contributed by atoms with Crippen molar-refractivity contribution in [3.05, 3.63) is 139 Å². The minimum Gasteiger partial charge on any atom is -0.462 e. The SMILES string of the molecule is CCCOC(=O)c1ccc(N=Nc2ccc(N=Nc3ccc(N=Nc4ccc(NC(C)CC)c5ccccc45)c4ccccc34)c3ccccc23)cc1. The van der Waals surface area contributed by atoms with Gasteiger partial charge in [0, 0.05) is 44.0 Å². The van der Waals surface area contributed by atoms with Crippen LogP contribution in [-0.4, -0.2) is 18.6 Å². The van der Waals surface area contributed by atoms with Crippen LogP contribution in [-0.2, 0) is 4.74 Å². The van der Waals surface area contributed by atoms with E-state index in [9.17, 15) is 4.79 Å². The predicted octanol–water partition coefficient (Wildman–Crippen LogP) is 14.2. The lowest BCUT2D eigenvalue weighted by Crippen LogP contribution is -2.13. The number of nitrogens with zero attached hydrogens (tertiary/aromatic N) is 6. The van der Waals surface area contributed by atoms with Gasteiger partial charge in [-0.05, 0) is 80.4 Å². The fourth-order valence-electron chi connectivity index (χ4n) is 6.02. The fraction of sp³-hybridized carbons (Fsp3) is 0.159. The highest BCUT2D eigenvalue weighted by molar-refractivity contribution is 6.02. The lowest BCUT2D eigenvalue weighted by atomic mass is 10.1. The molecule has 0 saturated carbocycles. The summed E-state index contributed by atoms with van der Waals surface area (Å²) in [6, 6.07) is 43.2. The van der Waals surface area contributed by atoms with Crippen LogP contribution in [0.25, 0.3) is 32.3 Å². The standard InChI is InChI=1S/C44H39N7O2/c1-4-28-53-44(52)30-18-20-31(21-19-30)46-47-39-24-25-41(35-15-9-8-14-34(35)39)50-51-43-27-26-42(36-16-10-11-17-37(36)43)49-48-40-23-22-38(45-29(3)5-2)32-12-6-7-13-33(32)40/h6-27,29,45H,4-5,28H2,1-3H3. The van der Waals surface area contributed by atoms with Crippen molar-refractivity contribution in [1.29, 1.82) is 0 Å². The number of benzene rings is 7. The predicted molar refractivity (Wildman–Crippen MR) is 215 cm³/mol. The minimum absolute atomic E-state index is 0.346. The molecule has 0 aliphatic heterocycles. The van der Waals surface area contributed by atoms with Crippen molar-refractivity contribution in [2.75, 3.05) is 11.9 Å². The molecular formula is C44H39N7O2. The molecule has 0 amide bonds. The summed E-state index contributed by atoms with van der Waals surface area (Å²) in [6.07, 6.45) is 1.81. The smallest absolute Gasteiger partial charge is 0.338 e. The lowest BCUT2D eigenvalue weighted by molar-refractivity contribution is 0.0505. The molecule has 0 heterocycles. The monoisotopic (exact) mass is 697 g/mol. The van der Waals surface area contributed by atoms with Crippen LogP contribution in [0.1, 0.15) is 44.0 Å². The van der Waals surface area contributed by atoms with Crippen LogP contribution < -0.4 is 5.32 Å². The molecule has 0 spiro atoms. The zero-order chi connectivity index (χ0) is 36.6. The summed E-state index contributed by atoms with van der Waals surface area (Å²) in [6.45, 7) is 6.71. The average Bonchev–Trinajstić information content (AvgIpc) is 3.21. The Morgan fingerprint density at radius 3 is 1.36 bits per heavy atom. The Hall–Kier alpha value is -6.61. The maximum absolute atomic E-state index is 12.1. The Balaban J connectivity index is 1.14. The van der Waals surface area contributed by atoms with E-state index >= 15 is 0 Å². The zero-order valence-corrected chi connectivity index (χ0v) is 29.9. The molecule has 9 heteroatoms. The van der Waals surface area contributed by atoms with Gasteiger partial charge >= 0.3 is 5.97 Å². The van der Waals surface area contributed by atoms with E-state index in [0.717, 1.165) is 67.9 Å². The van der Waals surface area contributed by atoms with Crippen LogP contribution in [0.5, 0.6) is 0 Å². The molecule has 53 heavy (non-hydrogen) atoms. The second-order valence-electron chi connectivity index (χ2n) is 12.7. The van der Waals surface area contributed by atoms with Gasteiger partial charge in [-0.15, -0.1) is 25.6 Å². The highest BCUT2D eigenvalue weighted by atomic mass is 16.5. The zero-order valence-electron chi connectivity index (χ0n) is 29.9. The minimum atomic E-state index is -0.346. The molecule has 0 radical (unpaired) electrons. The van der Waals surface area contributed by atoms with Crippen LogP contribution in [0, 0.1) is 0 Å². The summed E-state index contributed by atoms with van der Waals surface area (Å²) in [5.41, 5.74) is 5.88. The number of fused-ring (bicyclic) bond motifs is 3. The Morgan fingerprint density at radius 1 is 0.528 bits per heavy atom. The third-order valence-corrected chi connectivity index (χ3v) is 9.02. The molecule has 1 atom stereocenters. The van der Waals surface area contributed by atoms with Crippen molar-refractivity contribution < 1.29 is 9.53 Å². The van der Waals surface area contributed by atoms with Crippen molar-refractivity contribution in [2.24, 2.45) is 30.7 Å². The summed E-state index contributed by atoms with van der Waals surface area (Å²) < 4.78 is 5.21. The molecule has 1 unspecified atom stereocenters. The van der Waals surface area contributed by atoms with Crippen molar-refractivity contribution >= 4 is 78.1 Å². The number of carbonyl (C=O) groups excluding carboxylic acids is 1. The van der Waals surface area contributed by atoms with E-state index in [1.807, 2.05) is 97.9 Å². The second-order valence-corrected chi connectivity index (χ2v) is 12.7. The van der Waals surface area contributed by atoms with E-state index < -0.39 is 0 Å². The van der Waals surface area contributed by atoms with Gasteiger partial charge in [-0.2, -0.15) is 5.11 Å². The fourth-order valence-corrected chi connectivity index (χ4v) is 6.02. The molecule has 0 saturated heterocycles. The van der Waals surface area contributed by atoms with E-state index in [4.69, 9.17) is 25.2 Å². The van der Waals surface area contributed by atoms with Crippen molar-refractivity contribution in [2.45, 2.75) is 39.7 Å². The van der Waals surface area contributed by atoms with Gasteiger partial charge in [0.05, 0.1) is 46.3 Å². The highest BCUT2D eigenvalue weighted by Crippen LogP contribution is 2.39. The third-order valence-electron chi connectivity index (χ3n) is 9.02. The maximum Gasteiger partial charge on any atom is 0.338 e. The van der Waals surface area contributed by atoms with Crippen LogP contribution >= 0.6 is 0 Å². The van der Waals surface area contributed by atoms with E-state index in [2.05, 4.69) is 47.6 Å². The number of hydrogen-bond donors (Lipinski definition) is 1. The van der Waals surface area contributed by atoms with Crippen molar-refractivity contribution in [3.8, 4) is 0 Å². The first-order chi connectivity index (χ1) is 26.0. The third kappa shape index (κ3) is 7.84. The van der Waals surface area contributed by atoms with Crippen LogP contribution in [0.2, 0.25) is 0 Å². The van der Waals surface area contributed by atoms with Gasteiger partial charge in [0.2, 0.25) is 0 Å². The van der Waals surface area contributed by atoms with Crippen LogP contribution in [0.4, 0.5) is 39.8 Å². The Morgan fingerprint density at radius 2 is 0.925 bits per heavy atom. The second kappa shape index (κ2) is 16.2. The van der Waals surface area contributed by atoms with Crippen molar-refractivity contribution in [1.82, 2.24) is 0 Å². The number of hydrogen-bond acceptors (Lipinski definition) is 9. The quantitative estimate of drug-likeness (QED) is 0.101. The molecule has 262 valence electrons. The van der Waals surface area contributed by atoms with Gasteiger partial charge in [0.25, 0.3) is 0 Å². The van der Waals surface area contributed by atoms with Gasteiger partial charge in [0.1, 0.15) is 0 Å². The molecule has 0 aliphatic carbocycles. The number of ether oxygens (including phenoxy) is 1. The number of anilines is 1. The summed E-state index contributed by atoms with van der Waals surface area (Å²) >= 11 is 0. The molecule has 1 N–H and O–H groups in total. The number of azo groups is 3. The number of rotatable bonds is 12. The molecule has 7 aromatic rings. The molecule has 0 aromatic heterocycles. The Kier molecular flexibility index (Phi) is 10.6. The summed E-state index contributed by atoms with van der Waals surface area (Å²) in [7, 11) is 0. The average molecular weight is 698 g/mol. The van der Waals surface area contributed by atoms with Crippen LogP contribution in [0.3, 0.4) is 0 Å². The van der Waals surface area contributed by atoms with Gasteiger partial charge in [-0.1, -0.05) is 86.6 Å². The summed E-state index contributed by atoms with van der Waals surface area (Å²) in [5.74, 6) is -0.346. The number of esters is 1. The van der Waals surface area contributed by atoms with Crippen molar-refractivity contribution in [3.63, 3.8) is 0 Å². The molecule has 7 rings (SSSR count). The molecule has 0 aliphatic rings. The van der Waals surface area contributed by atoms with E-state index in [1.165, 1.54) is 0 Å². The maximum atomic E-state index is 12.1. The van der Waals surface area contributed by atoms with Gasteiger partial charge in [-0.3, -0.25) is 0 Å². The van der Waals surface area contributed by atoms with E-state index in [1.54, 1.807) is 24.3 Å². The molecule has 0 bridgehead atoms. The molecule has 0 fully saturated rings. The Labute approximate surface area is 308 Å². The van der Waals surface area contributed by atoms with Gasteiger partial charge in [-0.25, -0.2) is 4.79 Å². The first-order valence-electron chi connectivity index (χ1n) is 17.9. The van der Waals surface area contributed by atoms with E-state index in [0.29, 0.717) is 35.3 Å².